The number of furan rings is 1. The van der Waals surface area contributed by atoms with Gasteiger partial charge in [-0.1, -0.05) is 59.6 Å². The molecule has 6 nitrogen and oxygen atoms in total. The van der Waals surface area contributed by atoms with Gasteiger partial charge >= 0.3 is 0 Å². The van der Waals surface area contributed by atoms with Crippen molar-refractivity contribution >= 4 is 83.1 Å². The number of fused-ring (bicyclic) bond motifs is 2. The average molecular weight is 698 g/mol. The Hall–Kier alpha value is -3.43. The zero-order chi connectivity index (χ0) is 27.8. The second-order valence-electron chi connectivity index (χ2n) is 8.80. The predicted molar refractivity (Wildman–Crippen MR) is 167 cm³/mol. The van der Waals surface area contributed by atoms with Gasteiger partial charge in [0.25, 0.3) is 5.56 Å². The summed E-state index contributed by atoms with van der Waals surface area (Å²) < 4.78 is 14.7. The third kappa shape index (κ3) is 5.32. The van der Waals surface area contributed by atoms with Crippen LogP contribution in [0.2, 0.25) is 10.0 Å². The van der Waals surface area contributed by atoms with Gasteiger partial charge in [-0.2, -0.15) is 9.78 Å². The number of para-hydroxylation sites is 2. The molecular formula is C30H17Br2Cl2N3O3. The maximum Gasteiger partial charge on any atom is 0.282 e. The average Bonchev–Trinajstić information content (AvgIpc) is 3.37. The van der Waals surface area contributed by atoms with E-state index in [-0.39, 0.29) is 12.2 Å². The zero-order valence-corrected chi connectivity index (χ0v) is 25.1. The van der Waals surface area contributed by atoms with Gasteiger partial charge in [-0.25, -0.2) is 4.98 Å². The first-order valence-corrected chi connectivity index (χ1v) is 14.3. The van der Waals surface area contributed by atoms with E-state index < -0.39 is 0 Å². The molecule has 0 spiro atoms. The molecule has 0 aliphatic carbocycles. The standard InChI is InChI=1S/C30H17Br2Cl2N3O3/c31-22-11-17(12-23(32)28(22)39-16-19-9-10-20(33)14-24(19)34)15-35-37-29(27-13-18-5-1-4-8-26(18)40-27)36-25-7-3-2-6-21(25)30(37)38/h1-15H,16H2. The first kappa shape index (κ1) is 26.8. The molecule has 0 saturated carbocycles. The van der Waals surface area contributed by atoms with E-state index in [0.717, 1.165) is 10.9 Å². The summed E-state index contributed by atoms with van der Waals surface area (Å²) in [4.78, 5) is 18.3. The molecule has 0 bridgehead atoms. The highest BCUT2D eigenvalue weighted by molar-refractivity contribution is 9.11. The van der Waals surface area contributed by atoms with E-state index in [1.54, 1.807) is 36.5 Å². The van der Waals surface area contributed by atoms with Crippen LogP contribution in [0.1, 0.15) is 11.1 Å². The van der Waals surface area contributed by atoms with E-state index in [9.17, 15) is 4.79 Å². The Balaban J connectivity index is 1.36. The highest BCUT2D eigenvalue weighted by atomic mass is 79.9. The quantitative estimate of drug-likeness (QED) is 0.163. The SMILES string of the molecule is O=c1c2ccccc2nc(-c2cc3ccccc3o2)n1N=Cc1cc(Br)c(OCc2ccc(Cl)cc2Cl)c(Br)c1. The molecule has 2 aromatic heterocycles. The Labute approximate surface area is 255 Å². The second kappa shape index (κ2) is 11.2. The Morgan fingerprint density at radius 3 is 2.48 bits per heavy atom. The summed E-state index contributed by atoms with van der Waals surface area (Å²) in [7, 11) is 0. The number of ether oxygens (including phenoxy) is 1. The summed E-state index contributed by atoms with van der Waals surface area (Å²) in [5.74, 6) is 1.33. The molecule has 2 heterocycles. The highest BCUT2D eigenvalue weighted by Crippen LogP contribution is 2.36. The summed E-state index contributed by atoms with van der Waals surface area (Å²) in [6, 6.07) is 25.6. The van der Waals surface area contributed by atoms with Crippen molar-refractivity contribution in [2.45, 2.75) is 6.61 Å². The van der Waals surface area contributed by atoms with Crippen molar-refractivity contribution in [2.24, 2.45) is 5.10 Å². The van der Waals surface area contributed by atoms with Crippen LogP contribution in [-0.2, 0) is 6.61 Å². The molecule has 0 aliphatic rings. The lowest BCUT2D eigenvalue weighted by Gasteiger charge is -2.12. The molecular weight excluding hydrogens is 681 g/mol. The number of hydrogen-bond acceptors (Lipinski definition) is 5. The third-order valence-corrected chi connectivity index (χ3v) is 7.89. The molecule has 198 valence electrons. The fraction of sp³-hybridized carbons (Fsp3) is 0.0333. The summed E-state index contributed by atoms with van der Waals surface area (Å²) in [5, 5.41) is 6.98. The van der Waals surface area contributed by atoms with Crippen molar-refractivity contribution in [2.75, 3.05) is 0 Å². The number of halogens is 4. The lowest BCUT2D eigenvalue weighted by atomic mass is 10.2. The van der Waals surface area contributed by atoms with Gasteiger partial charge in [0.1, 0.15) is 17.9 Å². The van der Waals surface area contributed by atoms with Crippen LogP contribution >= 0.6 is 55.1 Å². The van der Waals surface area contributed by atoms with Crippen molar-refractivity contribution in [1.29, 1.82) is 0 Å². The second-order valence-corrected chi connectivity index (χ2v) is 11.4. The molecule has 0 aliphatic heterocycles. The molecule has 40 heavy (non-hydrogen) atoms. The molecule has 4 aromatic carbocycles. The Kier molecular flexibility index (Phi) is 7.51. The van der Waals surface area contributed by atoms with E-state index in [0.29, 0.717) is 58.4 Å². The van der Waals surface area contributed by atoms with Crippen molar-refractivity contribution < 1.29 is 9.15 Å². The number of hydrogen-bond donors (Lipinski definition) is 0. The van der Waals surface area contributed by atoms with E-state index in [1.165, 1.54) is 4.68 Å². The molecule has 6 aromatic rings. The smallest absolute Gasteiger partial charge is 0.282 e. The van der Waals surface area contributed by atoms with E-state index in [4.69, 9.17) is 37.3 Å². The van der Waals surface area contributed by atoms with Crippen molar-refractivity contribution in [3.05, 3.63) is 125 Å². The molecule has 10 heteroatoms. The minimum Gasteiger partial charge on any atom is -0.486 e. The monoisotopic (exact) mass is 695 g/mol. The molecule has 0 N–H and O–H groups in total. The van der Waals surface area contributed by atoms with Gasteiger partial charge in [0.2, 0.25) is 5.82 Å². The van der Waals surface area contributed by atoms with Gasteiger partial charge in [-0.05, 0) is 86.0 Å². The van der Waals surface area contributed by atoms with Gasteiger partial charge < -0.3 is 9.15 Å². The molecule has 0 fully saturated rings. The largest absolute Gasteiger partial charge is 0.486 e. The van der Waals surface area contributed by atoms with Crippen molar-refractivity contribution in [1.82, 2.24) is 9.66 Å². The van der Waals surface area contributed by atoms with E-state index in [1.807, 2.05) is 54.6 Å². The summed E-state index contributed by atoms with van der Waals surface area (Å²) in [6.07, 6.45) is 1.58. The van der Waals surface area contributed by atoms with Crippen LogP contribution in [0, 0.1) is 0 Å². The number of benzene rings is 4. The molecule has 6 rings (SSSR count). The normalized spacial score (nSPS) is 11.6. The van der Waals surface area contributed by atoms with Gasteiger partial charge in [0.15, 0.2) is 5.76 Å². The van der Waals surface area contributed by atoms with E-state index in [2.05, 4.69) is 37.0 Å². The minimum absolute atomic E-state index is 0.250. The summed E-state index contributed by atoms with van der Waals surface area (Å²) >= 11 is 19.4. The third-order valence-electron chi connectivity index (χ3n) is 6.13. The van der Waals surface area contributed by atoms with Crippen LogP contribution in [0.5, 0.6) is 5.75 Å². The van der Waals surface area contributed by atoms with Gasteiger partial charge in [0, 0.05) is 21.0 Å². The van der Waals surface area contributed by atoms with Gasteiger partial charge in [-0.3, -0.25) is 4.79 Å². The van der Waals surface area contributed by atoms with Crippen LogP contribution < -0.4 is 10.3 Å². The van der Waals surface area contributed by atoms with Gasteiger partial charge in [0.05, 0.1) is 26.1 Å². The Bertz CT molecular complexity index is 1950. The topological polar surface area (TPSA) is 69.6 Å². The predicted octanol–water partition coefficient (Wildman–Crippen LogP) is 9.10. The van der Waals surface area contributed by atoms with Crippen molar-refractivity contribution in [3.8, 4) is 17.3 Å². The number of rotatable bonds is 6. The van der Waals surface area contributed by atoms with Crippen molar-refractivity contribution in [3.63, 3.8) is 0 Å². The Morgan fingerprint density at radius 2 is 1.70 bits per heavy atom. The molecule has 0 saturated heterocycles. The maximum atomic E-state index is 13.5. The van der Waals surface area contributed by atoms with Crippen LogP contribution in [0.15, 0.2) is 108 Å². The molecule has 0 atom stereocenters. The summed E-state index contributed by atoms with van der Waals surface area (Å²) in [6.45, 7) is 0.250. The van der Waals surface area contributed by atoms with Gasteiger partial charge in [-0.15, -0.1) is 0 Å². The summed E-state index contributed by atoms with van der Waals surface area (Å²) in [5.41, 5.74) is 2.46. The molecule has 0 unspecified atom stereocenters. The fourth-order valence-electron chi connectivity index (χ4n) is 4.19. The first-order valence-electron chi connectivity index (χ1n) is 12.0. The minimum atomic E-state index is -0.310. The zero-order valence-electron chi connectivity index (χ0n) is 20.4. The number of nitrogens with zero attached hydrogens (tertiary/aromatic N) is 3. The molecule has 0 amide bonds. The van der Waals surface area contributed by atoms with Crippen LogP contribution in [0.3, 0.4) is 0 Å². The lowest BCUT2D eigenvalue weighted by Crippen LogP contribution is -2.20. The van der Waals surface area contributed by atoms with Crippen LogP contribution in [0.4, 0.5) is 0 Å². The van der Waals surface area contributed by atoms with Crippen LogP contribution in [0.25, 0.3) is 33.5 Å². The van der Waals surface area contributed by atoms with E-state index >= 15 is 0 Å². The highest BCUT2D eigenvalue weighted by Gasteiger charge is 2.17. The van der Waals surface area contributed by atoms with Crippen LogP contribution in [-0.4, -0.2) is 15.9 Å². The Morgan fingerprint density at radius 1 is 0.950 bits per heavy atom. The maximum absolute atomic E-state index is 13.5. The fourth-order valence-corrected chi connectivity index (χ4v) is 6.10. The first-order chi connectivity index (χ1) is 19.4. The number of aromatic nitrogens is 2. The molecule has 0 radical (unpaired) electrons. The lowest BCUT2D eigenvalue weighted by molar-refractivity contribution is 0.302.